The minimum absolute atomic E-state index is 0.225. The van der Waals surface area contributed by atoms with Crippen molar-refractivity contribution in [3.63, 3.8) is 0 Å². The lowest BCUT2D eigenvalue weighted by molar-refractivity contribution is -0.142. The fourth-order valence-electron chi connectivity index (χ4n) is 2.57. The molecule has 1 aliphatic rings. The highest BCUT2D eigenvalue weighted by Gasteiger charge is 2.37. The van der Waals surface area contributed by atoms with Gasteiger partial charge < -0.3 is 10.2 Å². The van der Waals surface area contributed by atoms with E-state index in [0.717, 1.165) is 35.1 Å². The van der Waals surface area contributed by atoms with E-state index in [2.05, 4.69) is 18.8 Å². The molecule has 0 atom stereocenters. The second-order valence-electron chi connectivity index (χ2n) is 5.49. The van der Waals surface area contributed by atoms with Gasteiger partial charge in [0.1, 0.15) is 0 Å². The number of carbonyl (C=O) groups excluding carboxylic acids is 1. The predicted octanol–water partition coefficient (Wildman–Crippen LogP) is 3.31. The summed E-state index contributed by atoms with van der Waals surface area (Å²) >= 11 is 7.49. The maximum absolute atomic E-state index is 12.8. The normalized spacial score (nSPS) is 17.7. The minimum Gasteiger partial charge on any atom is -0.333 e. The number of amides is 1. The molecule has 0 unspecified atom stereocenters. The third kappa shape index (κ3) is 3.62. The summed E-state index contributed by atoms with van der Waals surface area (Å²) in [7, 11) is 0. The van der Waals surface area contributed by atoms with Crippen molar-refractivity contribution in [3.8, 4) is 0 Å². The average molecular weight is 313 g/mol. The standard InChI is InChI=1S/C15H21ClN2OS/c1-3-10-18(11-12-4-5-13(16)20-12)14(19)15(2)6-8-17-9-7-15/h3-5,17H,1,6-11H2,2H3. The summed E-state index contributed by atoms with van der Waals surface area (Å²) in [6.45, 7) is 8.87. The molecule has 3 nitrogen and oxygen atoms in total. The van der Waals surface area contributed by atoms with E-state index in [0.29, 0.717) is 13.1 Å². The van der Waals surface area contributed by atoms with E-state index in [9.17, 15) is 4.79 Å². The summed E-state index contributed by atoms with van der Waals surface area (Å²) in [6, 6.07) is 3.87. The van der Waals surface area contributed by atoms with E-state index < -0.39 is 0 Å². The van der Waals surface area contributed by atoms with Crippen LogP contribution in [0.25, 0.3) is 0 Å². The van der Waals surface area contributed by atoms with Crippen LogP contribution < -0.4 is 5.32 Å². The van der Waals surface area contributed by atoms with Gasteiger partial charge in [-0.1, -0.05) is 24.6 Å². The monoisotopic (exact) mass is 312 g/mol. The zero-order valence-electron chi connectivity index (χ0n) is 11.8. The second-order valence-corrected chi connectivity index (χ2v) is 7.29. The molecule has 0 radical (unpaired) electrons. The minimum atomic E-state index is -0.255. The summed E-state index contributed by atoms with van der Waals surface area (Å²) < 4.78 is 0.763. The van der Waals surface area contributed by atoms with Crippen LogP contribution in [-0.4, -0.2) is 30.4 Å². The topological polar surface area (TPSA) is 32.3 Å². The van der Waals surface area contributed by atoms with Crippen molar-refractivity contribution < 1.29 is 4.79 Å². The Balaban J connectivity index is 2.10. The van der Waals surface area contributed by atoms with Crippen molar-refractivity contribution >= 4 is 28.8 Å². The Bertz CT molecular complexity index is 480. The first kappa shape index (κ1) is 15.5. The SMILES string of the molecule is C=CCN(Cc1ccc(Cl)s1)C(=O)C1(C)CCNCC1. The van der Waals surface area contributed by atoms with Gasteiger partial charge >= 0.3 is 0 Å². The molecule has 1 saturated heterocycles. The molecule has 0 aliphatic carbocycles. The molecule has 1 amide bonds. The van der Waals surface area contributed by atoms with Crippen LogP contribution in [0.5, 0.6) is 0 Å². The number of nitrogens with one attached hydrogen (secondary N) is 1. The van der Waals surface area contributed by atoms with Gasteiger partial charge in [0, 0.05) is 16.8 Å². The quantitative estimate of drug-likeness (QED) is 0.846. The summed E-state index contributed by atoms with van der Waals surface area (Å²) in [6.07, 6.45) is 3.58. The number of piperidine rings is 1. The molecule has 0 spiro atoms. The summed E-state index contributed by atoms with van der Waals surface area (Å²) in [5, 5.41) is 3.31. The van der Waals surface area contributed by atoms with Crippen LogP contribution in [0, 0.1) is 5.41 Å². The van der Waals surface area contributed by atoms with E-state index in [1.165, 1.54) is 11.3 Å². The van der Waals surface area contributed by atoms with Crippen molar-refractivity contribution in [2.24, 2.45) is 5.41 Å². The van der Waals surface area contributed by atoms with Crippen molar-refractivity contribution in [1.82, 2.24) is 10.2 Å². The summed E-state index contributed by atoms with van der Waals surface area (Å²) in [4.78, 5) is 15.8. The fraction of sp³-hybridized carbons (Fsp3) is 0.533. The van der Waals surface area contributed by atoms with Gasteiger partial charge in [0.05, 0.1) is 10.9 Å². The van der Waals surface area contributed by atoms with Crippen LogP contribution in [0.2, 0.25) is 4.34 Å². The molecule has 1 fully saturated rings. The largest absolute Gasteiger partial charge is 0.333 e. The Morgan fingerprint density at radius 3 is 2.80 bits per heavy atom. The van der Waals surface area contributed by atoms with Crippen molar-refractivity contribution in [3.05, 3.63) is 34.0 Å². The van der Waals surface area contributed by atoms with Gasteiger partial charge in [-0.3, -0.25) is 4.79 Å². The molecule has 0 aromatic carbocycles. The molecule has 1 aliphatic heterocycles. The lowest BCUT2D eigenvalue weighted by Crippen LogP contribution is -2.47. The predicted molar refractivity (Wildman–Crippen MR) is 85.2 cm³/mol. The highest BCUT2D eigenvalue weighted by Crippen LogP contribution is 2.32. The van der Waals surface area contributed by atoms with Crippen LogP contribution in [0.1, 0.15) is 24.6 Å². The van der Waals surface area contributed by atoms with Crippen molar-refractivity contribution in [2.45, 2.75) is 26.3 Å². The second kappa shape index (κ2) is 6.74. The van der Waals surface area contributed by atoms with Gasteiger partial charge in [0.25, 0.3) is 0 Å². The Labute approximate surface area is 129 Å². The van der Waals surface area contributed by atoms with E-state index in [4.69, 9.17) is 11.6 Å². The number of halogens is 1. The molecule has 1 aromatic heterocycles. The molecule has 2 rings (SSSR count). The lowest BCUT2D eigenvalue weighted by atomic mass is 9.79. The number of thiophene rings is 1. The van der Waals surface area contributed by atoms with Crippen molar-refractivity contribution in [1.29, 1.82) is 0 Å². The van der Waals surface area contributed by atoms with Gasteiger partial charge in [-0.2, -0.15) is 0 Å². The average Bonchev–Trinajstić information content (AvgIpc) is 2.84. The Morgan fingerprint density at radius 2 is 2.25 bits per heavy atom. The molecule has 110 valence electrons. The molecule has 20 heavy (non-hydrogen) atoms. The van der Waals surface area contributed by atoms with Crippen LogP contribution in [0.15, 0.2) is 24.8 Å². The zero-order chi connectivity index (χ0) is 14.6. The first-order valence-electron chi connectivity index (χ1n) is 6.90. The van der Waals surface area contributed by atoms with E-state index in [1.54, 1.807) is 6.08 Å². The highest BCUT2D eigenvalue weighted by molar-refractivity contribution is 7.16. The van der Waals surface area contributed by atoms with Crippen LogP contribution >= 0.6 is 22.9 Å². The fourth-order valence-corrected chi connectivity index (χ4v) is 3.68. The summed E-state index contributed by atoms with van der Waals surface area (Å²) in [5.41, 5.74) is -0.255. The first-order chi connectivity index (χ1) is 9.55. The Morgan fingerprint density at radius 1 is 1.55 bits per heavy atom. The molecular weight excluding hydrogens is 292 g/mol. The number of hydrogen-bond donors (Lipinski definition) is 1. The number of carbonyl (C=O) groups is 1. The van der Waals surface area contributed by atoms with E-state index in [1.807, 2.05) is 17.0 Å². The maximum Gasteiger partial charge on any atom is 0.229 e. The molecule has 1 N–H and O–H groups in total. The van der Waals surface area contributed by atoms with Gasteiger partial charge in [-0.15, -0.1) is 17.9 Å². The van der Waals surface area contributed by atoms with Crippen LogP contribution in [0.3, 0.4) is 0 Å². The van der Waals surface area contributed by atoms with Gasteiger partial charge in [-0.05, 0) is 38.1 Å². The third-order valence-electron chi connectivity index (χ3n) is 3.84. The number of rotatable bonds is 5. The van der Waals surface area contributed by atoms with Gasteiger partial charge in [0.2, 0.25) is 5.91 Å². The molecule has 0 saturated carbocycles. The van der Waals surface area contributed by atoms with E-state index in [-0.39, 0.29) is 11.3 Å². The van der Waals surface area contributed by atoms with Crippen LogP contribution in [-0.2, 0) is 11.3 Å². The first-order valence-corrected chi connectivity index (χ1v) is 8.10. The van der Waals surface area contributed by atoms with Gasteiger partial charge in [-0.25, -0.2) is 0 Å². The lowest BCUT2D eigenvalue weighted by Gasteiger charge is -2.37. The van der Waals surface area contributed by atoms with E-state index >= 15 is 0 Å². The molecular formula is C15H21ClN2OS. The maximum atomic E-state index is 12.8. The van der Waals surface area contributed by atoms with Crippen molar-refractivity contribution in [2.75, 3.05) is 19.6 Å². The molecule has 5 heteroatoms. The molecule has 0 bridgehead atoms. The number of nitrogens with zero attached hydrogens (tertiary/aromatic N) is 1. The molecule has 2 heterocycles. The number of hydrogen-bond acceptors (Lipinski definition) is 3. The highest BCUT2D eigenvalue weighted by atomic mass is 35.5. The third-order valence-corrected chi connectivity index (χ3v) is 5.05. The Kier molecular flexibility index (Phi) is 5.24. The van der Waals surface area contributed by atoms with Crippen LogP contribution in [0.4, 0.5) is 0 Å². The Hall–Kier alpha value is -0.840. The smallest absolute Gasteiger partial charge is 0.229 e. The molecule has 1 aromatic rings. The zero-order valence-corrected chi connectivity index (χ0v) is 13.4. The van der Waals surface area contributed by atoms with Gasteiger partial charge in [0.15, 0.2) is 0 Å². The summed E-state index contributed by atoms with van der Waals surface area (Å²) in [5.74, 6) is 0.225.